The van der Waals surface area contributed by atoms with Crippen LogP contribution in [0.5, 0.6) is 0 Å². The predicted molar refractivity (Wildman–Crippen MR) is 117 cm³/mol. The molecule has 0 radical (unpaired) electrons. The van der Waals surface area contributed by atoms with Crippen molar-refractivity contribution in [3.8, 4) is 0 Å². The van der Waals surface area contributed by atoms with Crippen LogP contribution >= 0.6 is 22.9 Å². The first kappa shape index (κ1) is 22.7. The molecule has 162 valence electrons. The summed E-state index contributed by atoms with van der Waals surface area (Å²) in [6.45, 7) is 9.16. The maximum atomic E-state index is 13.0. The Hall–Kier alpha value is -2.03. The van der Waals surface area contributed by atoms with Crippen molar-refractivity contribution in [3.05, 3.63) is 43.9 Å². The molecule has 0 bridgehead atoms. The Balaban J connectivity index is 1.47. The summed E-state index contributed by atoms with van der Waals surface area (Å²) in [4.78, 5) is 26.9. The molecule has 2 aromatic rings. The monoisotopic (exact) mass is 450 g/mol. The lowest BCUT2D eigenvalue weighted by atomic mass is 10.0. The van der Waals surface area contributed by atoms with Crippen LogP contribution in [-0.2, 0) is 16.1 Å². The number of amides is 2. The van der Waals surface area contributed by atoms with Crippen molar-refractivity contribution in [2.24, 2.45) is 5.92 Å². The van der Waals surface area contributed by atoms with Crippen LogP contribution in [-0.4, -0.2) is 52.6 Å². The van der Waals surface area contributed by atoms with E-state index in [1.165, 1.54) is 11.3 Å². The molecule has 1 aliphatic heterocycles. The number of hydrogen-bond donors (Lipinski definition) is 1. The van der Waals surface area contributed by atoms with Crippen molar-refractivity contribution in [1.82, 2.24) is 20.4 Å². The Labute approximate surface area is 185 Å². The molecule has 1 aromatic carbocycles. The van der Waals surface area contributed by atoms with E-state index in [9.17, 15) is 9.59 Å². The zero-order chi connectivity index (χ0) is 21.8. The largest absolute Gasteiger partial charge is 0.364 e. The number of benzene rings is 1. The van der Waals surface area contributed by atoms with Gasteiger partial charge in [0.1, 0.15) is 23.2 Å². The Bertz CT molecular complexity index is 933. The predicted octanol–water partition coefficient (Wildman–Crippen LogP) is 3.30. The van der Waals surface area contributed by atoms with E-state index in [4.69, 9.17) is 16.3 Å². The third kappa shape index (κ3) is 5.36. The van der Waals surface area contributed by atoms with Crippen molar-refractivity contribution in [1.29, 1.82) is 0 Å². The van der Waals surface area contributed by atoms with E-state index in [0.29, 0.717) is 23.7 Å². The van der Waals surface area contributed by atoms with E-state index in [0.717, 1.165) is 27.6 Å². The topological polar surface area (TPSA) is 84.4 Å². The lowest BCUT2D eigenvalue weighted by molar-refractivity contribution is -0.126. The van der Waals surface area contributed by atoms with Gasteiger partial charge in [-0.05, 0) is 57.2 Å². The van der Waals surface area contributed by atoms with Crippen LogP contribution in [0, 0.1) is 26.7 Å². The number of carbonyl (C=O) groups excluding carboxylic acids is 2. The van der Waals surface area contributed by atoms with Gasteiger partial charge in [-0.1, -0.05) is 29.0 Å². The molecule has 3 rings (SSSR count). The van der Waals surface area contributed by atoms with Crippen LogP contribution in [0.3, 0.4) is 0 Å². The first-order valence-corrected chi connectivity index (χ1v) is 11.2. The fraction of sp³-hybridized carbons (Fsp3) is 0.524. The van der Waals surface area contributed by atoms with Crippen LogP contribution < -0.4 is 5.32 Å². The first-order valence-electron chi connectivity index (χ1n) is 9.96. The van der Waals surface area contributed by atoms with Gasteiger partial charge >= 0.3 is 0 Å². The smallest absolute Gasteiger partial charge is 0.255 e. The van der Waals surface area contributed by atoms with Gasteiger partial charge in [0, 0.05) is 19.1 Å². The summed E-state index contributed by atoms with van der Waals surface area (Å²) in [5.74, 6) is -0.0324. The Morgan fingerprint density at radius 2 is 2.07 bits per heavy atom. The molecule has 1 N–H and O–H groups in total. The van der Waals surface area contributed by atoms with E-state index in [1.54, 1.807) is 6.07 Å². The summed E-state index contributed by atoms with van der Waals surface area (Å²) < 4.78 is 5.40. The van der Waals surface area contributed by atoms with Crippen molar-refractivity contribution in [3.63, 3.8) is 0 Å². The molecule has 9 heteroatoms. The molecule has 2 atom stereocenters. The summed E-state index contributed by atoms with van der Waals surface area (Å²) in [5.41, 5.74) is 2.54. The Morgan fingerprint density at radius 1 is 1.30 bits per heavy atom. The molecule has 2 unspecified atom stereocenters. The number of rotatable bonds is 7. The normalized spacial score (nSPS) is 18.6. The molecule has 2 heterocycles. The van der Waals surface area contributed by atoms with Crippen molar-refractivity contribution in [2.45, 2.75) is 46.8 Å². The average molecular weight is 451 g/mol. The molecule has 0 spiro atoms. The van der Waals surface area contributed by atoms with E-state index in [-0.39, 0.29) is 37.0 Å². The maximum absolute atomic E-state index is 13.0. The lowest BCUT2D eigenvalue weighted by Crippen LogP contribution is -2.36. The summed E-state index contributed by atoms with van der Waals surface area (Å²) in [6.07, 6.45) is 0.833. The Kier molecular flexibility index (Phi) is 7.44. The minimum absolute atomic E-state index is 0.0260. The number of aryl methyl sites for hydroxylation is 2. The fourth-order valence-corrected chi connectivity index (χ4v) is 4.55. The molecule has 7 nitrogen and oxygen atoms in total. The molecule has 1 saturated heterocycles. The lowest BCUT2D eigenvalue weighted by Gasteiger charge is -2.23. The number of likely N-dealkylation sites (tertiary alicyclic amines) is 1. The zero-order valence-electron chi connectivity index (χ0n) is 17.7. The number of aromatic nitrogens is 2. The summed E-state index contributed by atoms with van der Waals surface area (Å²) in [5, 5.41) is 12.9. The molecule has 30 heavy (non-hydrogen) atoms. The second-order valence-corrected chi connectivity index (χ2v) is 9.43. The first-order chi connectivity index (χ1) is 14.3. The number of ether oxygens (including phenoxy) is 1. The van der Waals surface area contributed by atoms with E-state index < -0.39 is 0 Å². The van der Waals surface area contributed by atoms with Crippen molar-refractivity contribution >= 4 is 34.8 Å². The second kappa shape index (κ2) is 9.85. The molecular formula is C21H27ClN4O3S. The zero-order valence-corrected chi connectivity index (χ0v) is 19.3. The molecule has 1 aliphatic rings. The standard InChI is InChI=1S/C21H27ClN4O3S/c1-12-5-6-17(20(22)14(12)3)21(28)26-9-16(7-13(26)2)8-23-18(27)10-29-11-19-25-24-15(4)30-19/h5-6,13,16H,7-11H2,1-4H3,(H,23,27). The highest BCUT2D eigenvalue weighted by molar-refractivity contribution is 7.11. The molecule has 0 saturated carbocycles. The van der Waals surface area contributed by atoms with Crippen LogP contribution in [0.2, 0.25) is 5.02 Å². The number of nitrogens with one attached hydrogen (secondary N) is 1. The van der Waals surface area contributed by atoms with E-state index in [1.807, 2.05) is 38.7 Å². The Morgan fingerprint density at radius 3 is 2.77 bits per heavy atom. The third-order valence-electron chi connectivity index (χ3n) is 5.42. The van der Waals surface area contributed by atoms with Gasteiger partial charge in [0.25, 0.3) is 5.91 Å². The minimum atomic E-state index is -0.175. The van der Waals surface area contributed by atoms with Crippen LogP contribution in [0.4, 0.5) is 0 Å². The summed E-state index contributed by atoms with van der Waals surface area (Å²) in [6, 6.07) is 3.82. The van der Waals surface area contributed by atoms with Crippen LogP contribution in [0.1, 0.15) is 44.8 Å². The summed E-state index contributed by atoms with van der Waals surface area (Å²) >= 11 is 7.88. The SMILES string of the molecule is Cc1nnc(COCC(=O)NCC2CC(C)N(C(=O)c3ccc(C)c(C)c3Cl)C2)s1. The summed E-state index contributed by atoms with van der Waals surface area (Å²) in [7, 11) is 0. The second-order valence-electron chi connectivity index (χ2n) is 7.79. The van der Waals surface area contributed by atoms with Gasteiger partial charge in [-0.3, -0.25) is 9.59 Å². The van der Waals surface area contributed by atoms with Crippen LogP contribution in [0.25, 0.3) is 0 Å². The third-order valence-corrected chi connectivity index (χ3v) is 6.72. The number of carbonyl (C=O) groups is 2. The van der Waals surface area contributed by atoms with Gasteiger partial charge in [0.2, 0.25) is 5.91 Å². The highest BCUT2D eigenvalue weighted by Gasteiger charge is 2.33. The molecule has 1 aromatic heterocycles. The van der Waals surface area contributed by atoms with Crippen LogP contribution in [0.15, 0.2) is 12.1 Å². The molecule has 1 fully saturated rings. The van der Waals surface area contributed by atoms with Crippen molar-refractivity contribution < 1.29 is 14.3 Å². The highest BCUT2D eigenvalue weighted by atomic mass is 35.5. The van der Waals surface area contributed by atoms with Crippen molar-refractivity contribution in [2.75, 3.05) is 19.7 Å². The molecule has 0 aliphatic carbocycles. The van der Waals surface area contributed by atoms with E-state index >= 15 is 0 Å². The van der Waals surface area contributed by atoms with Gasteiger partial charge < -0.3 is 15.0 Å². The number of hydrogen-bond acceptors (Lipinski definition) is 6. The number of nitrogens with zero attached hydrogens (tertiary/aromatic N) is 3. The maximum Gasteiger partial charge on any atom is 0.255 e. The minimum Gasteiger partial charge on any atom is -0.364 e. The van der Waals surface area contributed by atoms with E-state index in [2.05, 4.69) is 15.5 Å². The van der Waals surface area contributed by atoms with Gasteiger partial charge in [0.05, 0.1) is 10.6 Å². The van der Waals surface area contributed by atoms with Gasteiger partial charge in [-0.25, -0.2) is 0 Å². The highest BCUT2D eigenvalue weighted by Crippen LogP contribution is 2.29. The van der Waals surface area contributed by atoms with Gasteiger partial charge in [-0.2, -0.15) is 0 Å². The number of halogens is 1. The molecule has 2 amide bonds. The van der Waals surface area contributed by atoms with Gasteiger partial charge in [-0.15, -0.1) is 10.2 Å². The van der Waals surface area contributed by atoms with Gasteiger partial charge in [0.15, 0.2) is 0 Å². The average Bonchev–Trinajstić information content (AvgIpc) is 3.29. The fourth-order valence-electron chi connectivity index (χ4n) is 3.61. The quantitative estimate of drug-likeness (QED) is 0.699. The molecular weight excluding hydrogens is 424 g/mol.